The first-order valence-electron chi connectivity index (χ1n) is 9.82. The molecule has 32 heavy (non-hydrogen) atoms. The number of amides is 1. The van der Waals surface area contributed by atoms with Gasteiger partial charge in [0.25, 0.3) is 10.0 Å². The van der Waals surface area contributed by atoms with Gasteiger partial charge in [-0.3, -0.25) is 9.10 Å². The largest absolute Gasteiger partial charge is 0.494 e. The van der Waals surface area contributed by atoms with Crippen LogP contribution in [0.15, 0.2) is 77.7 Å². The molecule has 1 amide bonds. The maximum absolute atomic E-state index is 13.3. The quantitative estimate of drug-likeness (QED) is 0.460. The summed E-state index contributed by atoms with van der Waals surface area (Å²) in [6.07, 6.45) is 0. The van der Waals surface area contributed by atoms with Crippen molar-refractivity contribution in [2.45, 2.75) is 18.4 Å². The molecule has 0 spiro atoms. The van der Waals surface area contributed by atoms with Gasteiger partial charge < -0.3 is 10.1 Å². The molecular weight excluding hydrogens is 471 g/mol. The van der Waals surface area contributed by atoms with E-state index in [1.807, 2.05) is 31.2 Å². The molecule has 3 rings (SSSR count). The Morgan fingerprint density at radius 2 is 1.72 bits per heavy atom. The molecule has 0 radical (unpaired) electrons. The lowest BCUT2D eigenvalue weighted by Gasteiger charge is -2.24. The fourth-order valence-electron chi connectivity index (χ4n) is 2.97. The van der Waals surface area contributed by atoms with Gasteiger partial charge in [0.1, 0.15) is 12.3 Å². The van der Waals surface area contributed by atoms with E-state index in [9.17, 15) is 13.2 Å². The van der Waals surface area contributed by atoms with Gasteiger partial charge in [-0.2, -0.15) is 0 Å². The highest BCUT2D eigenvalue weighted by Gasteiger charge is 2.27. The van der Waals surface area contributed by atoms with Gasteiger partial charge in [-0.15, -0.1) is 0 Å². The standard InChI is InChI=1S/C23H22Cl2N2O4S/c1-2-31-19-8-6-7-17(13-19)15-26-23(28)16-27(18-11-12-21(24)22(25)14-18)32(29,30)20-9-4-3-5-10-20/h3-14H,2,15-16H2,1H3,(H,26,28). The summed E-state index contributed by atoms with van der Waals surface area (Å²) >= 11 is 12.1. The van der Waals surface area contributed by atoms with Crippen LogP contribution < -0.4 is 14.4 Å². The van der Waals surface area contributed by atoms with Gasteiger partial charge in [-0.1, -0.05) is 53.5 Å². The molecule has 0 saturated heterocycles. The first kappa shape index (κ1) is 23.9. The highest BCUT2D eigenvalue weighted by molar-refractivity contribution is 7.92. The second-order valence-corrected chi connectivity index (χ2v) is 9.46. The summed E-state index contributed by atoms with van der Waals surface area (Å²) in [6, 6.07) is 19.6. The Morgan fingerprint density at radius 1 is 0.969 bits per heavy atom. The summed E-state index contributed by atoms with van der Waals surface area (Å²) in [5.41, 5.74) is 1.06. The second-order valence-electron chi connectivity index (χ2n) is 6.78. The smallest absolute Gasteiger partial charge is 0.264 e. The van der Waals surface area contributed by atoms with Gasteiger partial charge >= 0.3 is 0 Å². The van der Waals surface area contributed by atoms with Crippen molar-refractivity contribution in [1.29, 1.82) is 0 Å². The second kappa shape index (κ2) is 10.7. The number of ether oxygens (including phenoxy) is 1. The molecule has 0 bridgehead atoms. The average Bonchev–Trinajstić information content (AvgIpc) is 2.79. The molecule has 1 N–H and O–H groups in total. The number of hydrogen-bond acceptors (Lipinski definition) is 4. The lowest BCUT2D eigenvalue weighted by Crippen LogP contribution is -2.40. The molecule has 0 aromatic heterocycles. The van der Waals surface area contributed by atoms with Crippen LogP contribution in [0, 0.1) is 0 Å². The Balaban J connectivity index is 1.83. The summed E-state index contributed by atoms with van der Waals surface area (Å²) in [4.78, 5) is 12.8. The zero-order valence-electron chi connectivity index (χ0n) is 17.3. The minimum atomic E-state index is -4.03. The first-order chi connectivity index (χ1) is 15.3. The topological polar surface area (TPSA) is 75.7 Å². The molecule has 6 nitrogen and oxygen atoms in total. The van der Waals surface area contributed by atoms with Crippen LogP contribution in [0.2, 0.25) is 10.0 Å². The molecule has 9 heteroatoms. The Morgan fingerprint density at radius 3 is 2.41 bits per heavy atom. The molecule has 0 aliphatic heterocycles. The van der Waals surface area contributed by atoms with Crippen molar-refractivity contribution >= 4 is 44.8 Å². The molecule has 0 aliphatic rings. The Bertz CT molecular complexity index is 1190. The van der Waals surface area contributed by atoms with Crippen LogP contribution in [0.25, 0.3) is 0 Å². The summed E-state index contributed by atoms with van der Waals surface area (Å²) in [5, 5.41) is 3.23. The summed E-state index contributed by atoms with van der Waals surface area (Å²) in [5.74, 6) is 0.223. The maximum Gasteiger partial charge on any atom is 0.264 e. The van der Waals surface area contributed by atoms with Crippen LogP contribution in [0.5, 0.6) is 5.75 Å². The van der Waals surface area contributed by atoms with E-state index in [1.54, 1.807) is 18.2 Å². The first-order valence-corrected chi connectivity index (χ1v) is 12.0. The van der Waals surface area contributed by atoms with Crippen LogP contribution in [0.3, 0.4) is 0 Å². The van der Waals surface area contributed by atoms with Crippen LogP contribution in [-0.4, -0.2) is 27.5 Å². The number of rotatable bonds is 9. The van der Waals surface area contributed by atoms with Crippen molar-refractivity contribution in [2.24, 2.45) is 0 Å². The number of carbonyl (C=O) groups is 1. The summed E-state index contributed by atoms with van der Waals surface area (Å²) in [7, 11) is -4.03. The van der Waals surface area contributed by atoms with E-state index in [1.165, 1.54) is 30.3 Å². The van der Waals surface area contributed by atoms with Crippen LogP contribution in [0.1, 0.15) is 12.5 Å². The van der Waals surface area contributed by atoms with Crippen molar-refractivity contribution < 1.29 is 17.9 Å². The van der Waals surface area contributed by atoms with Crippen LogP contribution in [0.4, 0.5) is 5.69 Å². The minimum Gasteiger partial charge on any atom is -0.494 e. The third-order valence-electron chi connectivity index (χ3n) is 4.51. The van der Waals surface area contributed by atoms with E-state index in [2.05, 4.69) is 5.32 Å². The minimum absolute atomic E-state index is 0.0586. The van der Waals surface area contributed by atoms with Crippen molar-refractivity contribution in [2.75, 3.05) is 17.5 Å². The van der Waals surface area contributed by atoms with E-state index in [0.29, 0.717) is 12.4 Å². The molecule has 0 aliphatic carbocycles. The highest BCUT2D eigenvalue weighted by Crippen LogP contribution is 2.30. The maximum atomic E-state index is 13.3. The van der Waals surface area contributed by atoms with E-state index >= 15 is 0 Å². The van der Waals surface area contributed by atoms with E-state index in [-0.39, 0.29) is 27.2 Å². The molecule has 168 valence electrons. The molecule has 3 aromatic rings. The predicted molar refractivity (Wildman–Crippen MR) is 127 cm³/mol. The van der Waals surface area contributed by atoms with Crippen molar-refractivity contribution in [3.05, 3.63) is 88.4 Å². The van der Waals surface area contributed by atoms with Crippen molar-refractivity contribution in [3.63, 3.8) is 0 Å². The Labute approximate surface area is 197 Å². The molecular formula is C23H22Cl2N2O4S. The van der Waals surface area contributed by atoms with Gasteiger partial charge in [0, 0.05) is 6.54 Å². The Kier molecular flexibility index (Phi) is 8.01. The van der Waals surface area contributed by atoms with E-state index < -0.39 is 22.5 Å². The van der Waals surface area contributed by atoms with Gasteiger partial charge in [-0.25, -0.2) is 8.42 Å². The summed E-state index contributed by atoms with van der Waals surface area (Å²) < 4.78 is 33.1. The average molecular weight is 493 g/mol. The summed E-state index contributed by atoms with van der Waals surface area (Å²) in [6.45, 7) is 2.21. The lowest BCUT2D eigenvalue weighted by molar-refractivity contribution is -0.119. The molecule has 0 heterocycles. The SMILES string of the molecule is CCOc1cccc(CNC(=O)CN(c2ccc(Cl)c(Cl)c2)S(=O)(=O)c2ccccc2)c1. The highest BCUT2D eigenvalue weighted by atomic mass is 35.5. The third kappa shape index (κ3) is 5.94. The van der Waals surface area contributed by atoms with Crippen LogP contribution in [-0.2, 0) is 21.4 Å². The molecule has 0 fully saturated rings. The number of carbonyl (C=O) groups excluding carboxylic acids is 1. The van der Waals surface area contributed by atoms with Crippen molar-refractivity contribution in [3.8, 4) is 5.75 Å². The predicted octanol–water partition coefficient (Wildman–Crippen LogP) is 4.90. The number of halogens is 2. The number of hydrogen-bond donors (Lipinski definition) is 1. The molecule has 0 unspecified atom stereocenters. The lowest BCUT2D eigenvalue weighted by atomic mass is 10.2. The van der Waals surface area contributed by atoms with Gasteiger partial charge in [0.15, 0.2) is 0 Å². The van der Waals surface area contributed by atoms with E-state index in [4.69, 9.17) is 27.9 Å². The van der Waals surface area contributed by atoms with E-state index in [0.717, 1.165) is 9.87 Å². The molecule has 0 saturated carbocycles. The number of anilines is 1. The molecule has 0 atom stereocenters. The number of nitrogens with one attached hydrogen (secondary N) is 1. The Hall–Kier alpha value is -2.74. The normalized spacial score (nSPS) is 11.1. The number of sulfonamides is 1. The number of benzene rings is 3. The zero-order chi connectivity index (χ0) is 23.1. The van der Waals surface area contributed by atoms with Crippen molar-refractivity contribution in [1.82, 2.24) is 5.32 Å². The number of nitrogens with zero attached hydrogens (tertiary/aromatic N) is 1. The zero-order valence-corrected chi connectivity index (χ0v) is 19.6. The molecule has 3 aromatic carbocycles. The monoisotopic (exact) mass is 492 g/mol. The van der Waals surface area contributed by atoms with Gasteiger partial charge in [0.05, 0.1) is 27.2 Å². The van der Waals surface area contributed by atoms with Gasteiger partial charge in [-0.05, 0) is 55.0 Å². The third-order valence-corrected chi connectivity index (χ3v) is 7.04. The fourth-order valence-corrected chi connectivity index (χ4v) is 4.70. The van der Waals surface area contributed by atoms with Crippen LogP contribution >= 0.6 is 23.2 Å². The van der Waals surface area contributed by atoms with Gasteiger partial charge in [0.2, 0.25) is 5.91 Å². The fraction of sp³-hybridized carbons (Fsp3) is 0.174.